The van der Waals surface area contributed by atoms with Crippen LogP contribution in [0.3, 0.4) is 0 Å². The van der Waals surface area contributed by atoms with Gasteiger partial charge in [-0.1, -0.05) is 24.3 Å². The van der Waals surface area contributed by atoms with Crippen LogP contribution in [0.25, 0.3) is 0 Å². The number of nitrogens with one attached hydrogen (secondary N) is 1. The van der Waals surface area contributed by atoms with Crippen molar-refractivity contribution in [2.45, 2.75) is 44.5 Å². The van der Waals surface area contributed by atoms with Crippen LogP contribution in [0.1, 0.15) is 24.5 Å². The van der Waals surface area contributed by atoms with Crippen molar-refractivity contribution < 1.29 is 29.4 Å². The molecule has 4 amide bonds. The van der Waals surface area contributed by atoms with Crippen LogP contribution in [0.5, 0.6) is 0 Å². The molecule has 144 valence electrons. The van der Waals surface area contributed by atoms with E-state index in [-0.39, 0.29) is 18.9 Å². The van der Waals surface area contributed by atoms with E-state index < -0.39 is 36.1 Å². The number of aliphatic hydroxyl groups excluding tert-OH is 1. The molecule has 0 spiro atoms. The second-order valence-corrected chi connectivity index (χ2v) is 6.76. The zero-order valence-electron chi connectivity index (χ0n) is 14.8. The summed E-state index contributed by atoms with van der Waals surface area (Å²) in [6, 6.07) is 5.16. The molecule has 0 saturated carbocycles. The monoisotopic (exact) mass is 375 g/mol. The van der Waals surface area contributed by atoms with E-state index in [4.69, 9.17) is 5.11 Å². The molecule has 3 rings (SSSR count). The highest BCUT2D eigenvalue weighted by Gasteiger charge is 2.46. The summed E-state index contributed by atoms with van der Waals surface area (Å²) in [6.07, 6.45) is -1.07. The summed E-state index contributed by atoms with van der Waals surface area (Å²) in [7, 11) is 0. The van der Waals surface area contributed by atoms with E-state index in [1.165, 1.54) is 11.8 Å². The summed E-state index contributed by atoms with van der Waals surface area (Å²) in [5.41, 5.74) is 2.02. The van der Waals surface area contributed by atoms with Gasteiger partial charge in [0.2, 0.25) is 5.91 Å². The van der Waals surface area contributed by atoms with Gasteiger partial charge in [-0.15, -0.1) is 0 Å². The van der Waals surface area contributed by atoms with Crippen LogP contribution in [0, 0.1) is 0 Å². The number of imide groups is 1. The number of aliphatic hydroxyl groups is 1. The third-order valence-electron chi connectivity index (χ3n) is 4.90. The molecule has 1 aromatic carbocycles. The first-order chi connectivity index (χ1) is 12.8. The Balaban J connectivity index is 1.62. The average molecular weight is 375 g/mol. The fourth-order valence-electron chi connectivity index (χ4n) is 3.43. The lowest BCUT2D eigenvalue weighted by molar-refractivity contribution is -0.145. The van der Waals surface area contributed by atoms with E-state index in [0.29, 0.717) is 13.0 Å². The van der Waals surface area contributed by atoms with Crippen molar-refractivity contribution in [3.8, 4) is 0 Å². The average Bonchev–Trinajstić information content (AvgIpc) is 2.86. The smallest absolute Gasteiger partial charge is 0.328 e. The van der Waals surface area contributed by atoms with Crippen LogP contribution in [0.15, 0.2) is 24.3 Å². The highest BCUT2D eigenvalue weighted by Crippen LogP contribution is 2.29. The predicted molar refractivity (Wildman–Crippen MR) is 92.5 cm³/mol. The summed E-state index contributed by atoms with van der Waals surface area (Å²) in [5.74, 6) is -2.37. The normalized spacial score (nSPS) is 20.7. The number of nitrogens with zero attached hydrogens (tertiary/aromatic N) is 2. The minimum Gasteiger partial charge on any atom is -0.480 e. The van der Waals surface area contributed by atoms with Crippen LogP contribution in [-0.2, 0) is 27.3 Å². The molecule has 0 aliphatic carbocycles. The van der Waals surface area contributed by atoms with Crippen molar-refractivity contribution in [3.63, 3.8) is 0 Å². The van der Waals surface area contributed by atoms with Gasteiger partial charge in [0, 0.05) is 25.9 Å². The molecule has 2 heterocycles. The van der Waals surface area contributed by atoms with Crippen molar-refractivity contribution in [1.82, 2.24) is 15.1 Å². The Labute approximate surface area is 155 Å². The molecule has 3 N–H and O–H groups in total. The summed E-state index contributed by atoms with van der Waals surface area (Å²) in [5, 5.41) is 20.6. The minimum atomic E-state index is -1.44. The zero-order chi connectivity index (χ0) is 19.7. The lowest BCUT2D eigenvalue weighted by atomic mass is 9.95. The Morgan fingerprint density at radius 3 is 2.56 bits per heavy atom. The minimum absolute atomic E-state index is 0.140. The number of benzene rings is 1. The molecule has 0 aromatic heterocycles. The molecule has 1 saturated heterocycles. The van der Waals surface area contributed by atoms with E-state index in [2.05, 4.69) is 5.32 Å². The molecule has 1 fully saturated rings. The van der Waals surface area contributed by atoms with Gasteiger partial charge in [0.05, 0.1) is 6.10 Å². The number of aliphatic carboxylic acids is 1. The lowest BCUT2D eigenvalue weighted by Gasteiger charge is -2.28. The first-order valence-electron chi connectivity index (χ1n) is 8.68. The molecule has 1 aromatic rings. The van der Waals surface area contributed by atoms with E-state index in [1.807, 2.05) is 24.3 Å². The Morgan fingerprint density at radius 1 is 1.26 bits per heavy atom. The second kappa shape index (κ2) is 7.36. The number of rotatable bonds is 6. The van der Waals surface area contributed by atoms with Gasteiger partial charge >= 0.3 is 12.0 Å². The standard InChI is InChI=1S/C18H21N3O6/c1-10(22)15(17(25)26)19-14(23)6-7-20-16(24)13-8-11-4-2-3-5-12(11)9-21(13)18(20)27/h2-5,10,13,15,22H,6-9H2,1H3,(H,19,23)(H,25,26)/t10-,13-,15-/m1/s1. The molecule has 9 heteroatoms. The van der Waals surface area contributed by atoms with Crippen molar-refractivity contribution in [2.24, 2.45) is 0 Å². The molecule has 27 heavy (non-hydrogen) atoms. The first kappa shape index (κ1) is 18.8. The third kappa shape index (κ3) is 3.63. The van der Waals surface area contributed by atoms with Crippen LogP contribution >= 0.6 is 0 Å². The Bertz CT molecular complexity index is 750. The molecule has 0 unspecified atom stereocenters. The van der Waals surface area contributed by atoms with E-state index in [0.717, 1.165) is 16.0 Å². The summed E-state index contributed by atoms with van der Waals surface area (Å²) < 4.78 is 0. The molecule has 2 aliphatic rings. The van der Waals surface area contributed by atoms with E-state index in [1.54, 1.807) is 0 Å². The van der Waals surface area contributed by atoms with E-state index in [9.17, 15) is 24.3 Å². The molecule has 3 atom stereocenters. The number of hydrogen-bond donors (Lipinski definition) is 3. The van der Waals surface area contributed by atoms with Gasteiger partial charge in [-0.3, -0.25) is 14.5 Å². The van der Waals surface area contributed by atoms with Crippen molar-refractivity contribution in [1.29, 1.82) is 0 Å². The second-order valence-electron chi connectivity index (χ2n) is 6.76. The van der Waals surface area contributed by atoms with Gasteiger partial charge in [-0.2, -0.15) is 0 Å². The number of carboxylic acid groups (broad SMARTS) is 1. The molecular weight excluding hydrogens is 354 g/mol. The molecule has 0 bridgehead atoms. The van der Waals surface area contributed by atoms with Crippen molar-refractivity contribution in [2.75, 3.05) is 6.54 Å². The largest absolute Gasteiger partial charge is 0.480 e. The van der Waals surface area contributed by atoms with Crippen molar-refractivity contribution >= 4 is 23.8 Å². The Kier molecular flexibility index (Phi) is 5.13. The van der Waals surface area contributed by atoms with Gasteiger partial charge in [-0.25, -0.2) is 9.59 Å². The van der Waals surface area contributed by atoms with Crippen LogP contribution in [-0.4, -0.2) is 68.6 Å². The van der Waals surface area contributed by atoms with Gasteiger partial charge in [-0.05, 0) is 18.1 Å². The van der Waals surface area contributed by atoms with Gasteiger partial charge in [0.15, 0.2) is 6.04 Å². The Morgan fingerprint density at radius 2 is 1.93 bits per heavy atom. The highest BCUT2D eigenvalue weighted by atomic mass is 16.4. The van der Waals surface area contributed by atoms with E-state index >= 15 is 0 Å². The maximum Gasteiger partial charge on any atom is 0.328 e. The molecule has 0 radical (unpaired) electrons. The fraction of sp³-hybridized carbons (Fsp3) is 0.444. The molecular formula is C18H21N3O6. The quantitative estimate of drug-likeness (QED) is 0.587. The lowest BCUT2D eigenvalue weighted by Crippen LogP contribution is -2.48. The maximum atomic E-state index is 12.6. The molecule has 2 aliphatic heterocycles. The number of urea groups is 1. The summed E-state index contributed by atoms with van der Waals surface area (Å²) in [4.78, 5) is 50.7. The topological polar surface area (TPSA) is 127 Å². The van der Waals surface area contributed by atoms with Crippen molar-refractivity contribution in [3.05, 3.63) is 35.4 Å². The van der Waals surface area contributed by atoms with Crippen LogP contribution in [0.4, 0.5) is 4.79 Å². The SMILES string of the molecule is C[C@@H](O)[C@@H](NC(=O)CCN1C(=O)[C@H]2Cc3ccccc3CN2C1=O)C(=O)O. The number of hydrogen-bond acceptors (Lipinski definition) is 5. The summed E-state index contributed by atoms with van der Waals surface area (Å²) in [6.45, 7) is 1.46. The third-order valence-corrected chi connectivity index (χ3v) is 4.90. The number of amides is 4. The first-order valence-corrected chi connectivity index (χ1v) is 8.68. The predicted octanol–water partition coefficient (Wildman–Crippen LogP) is -0.284. The number of carbonyl (C=O) groups is 4. The van der Waals surface area contributed by atoms with Gasteiger partial charge < -0.3 is 20.4 Å². The number of carboxylic acids is 1. The highest BCUT2D eigenvalue weighted by molar-refractivity contribution is 6.05. The Hall–Kier alpha value is -2.94. The zero-order valence-corrected chi connectivity index (χ0v) is 14.8. The van der Waals surface area contributed by atoms with Gasteiger partial charge in [0.25, 0.3) is 5.91 Å². The summed E-state index contributed by atoms with van der Waals surface area (Å²) >= 11 is 0. The van der Waals surface area contributed by atoms with Gasteiger partial charge in [0.1, 0.15) is 6.04 Å². The number of fused-ring (bicyclic) bond motifs is 2. The molecule has 9 nitrogen and oxygen atoms in total. The maximum absolute atomic E-state index is 12.6. The fourth-order valence-corrected chi connectivity index (χ4v) is 3.43. The van der Waals surface area contributed by atoms with Crippen LogP contribution in [0.2, 0.25) is 0 Å². The van der Waals surface area contributed by atoms with Crippen LogP contribution < -0.4 is 5.32 Å². The number of carbonyl (C=O) groups excluding carboxylic acids is 3.